The fourth-order valence-electron chi connectivity index (χ4n) is 1.52. The molecule has 0 amide bonds. The van der Waals surface area contributed by atoms with E-state index in [2.05, 4.69) is 6.92 Å². The second kappa shape index (κ2) is 4.66. The van der Waals surface area contributed by atoms with Gasteiger partial charge in [0.05, 0.1) is 19.5 Å². The van der Waals surface area contributed by atoms with E-state index in [1.807, 2.05) is 20.1 Å². The van der Waals surface area contributed by atoms with Crippen molar-refractivity contribution in [3.8, 4) is 0 Å². The first-order chi connectivity index (χ1) is 6.12. The highest BCUT2D eigenvalue weighted by Crippen LogP contribution is 2.28. The molecule has 1 heterocycles. The van der Waals surface area contributed by atoms with Crippen molar-refractivity contribution >= 4 is 0 Å². The summed E-state index contributed by atoms with van der Waals surface area (Å²) in [5, 5.41) is 0. The summed E-state index contributed by atoms with van der Waals surface area (Å²) in [6, 6.07) is 0. The predicted octanol–water partition coefficient (Wildman–Crippen LogP) is 2.74. The summed E-state index contributed by atoms with van der Waals surface area (Å²) in [4.78, 5) is 0. The Morgan fingerprint density at radius 3 is 2.85 bits per heavy atom. The maximum absolute atomic E-state index is 5.50. The molecule has 13 heavy (non-hydrogen) atoms. The molecule has 2 nitrogen and oxygen atoms in total. The molecule has 0 bridgehead atoms. The fraction of sp³-hybridized carbons (Fsp3) is 0.818. The number of hydrogen-bond donors (Lipinski definition) is 0. The van der Waals surface area contributed by atoms with Crippen LogP contribution in [0.4, 0.5) is 0 Å². The van der Waals surface area contributed by atoms with Crippen molar-refractivity contribution in [1.82, 2.24) is 0 Å². The van der Waals surface area contributed by atoms with E-state index in [1.54, 1.807) is 0 Å². The molecule has 1 aliphatic rings. The maximum atomic E-state index is 5.50. The summed E-state index contributed by atoms with van der Waals surface area (Å²) >= 11 is 0. The Morgan fingerprint density at radius 2 is 2.31 bits per heavy atom. The summed E-state index contributed by atoms with van der Waals surface area (Å²) in [5.41, 5.74) is 1.44. The van der Waals surface area contributed by atoms with Crippen molar-refractivity contribution < 1.29 is 9.47 Å². The fourth-order valence-corrected chi connectivity index (χ4v) is 1.52. The first-order valence-electron chi connectivity index (χ1n) is 4.95. The zero-order valence-corrected chi connectivity index (χ0v) is 8.93. The SMILES string of the molecule is CC(C)=COCC1(C)CCCOC1. The third-order valence-electron chi connectivity index (χ3n) is 2.27. The standard InChI is InChI=1S/C11H20O2/c1-10(2)7-13-9-11(3)5-4-6-12-8-11/h7H,4-6,8-9H2,1-3H3. The minimum absolute atomic E-state index is 0.226. The van der Waals surface area contributed by atoms with Crippen molar-refractivity contribution in [3.05, 3.63) is 11.8 Å². The van der Waals surface area contributed by atoms with Crippen molar-refractivity contribution in [2.75, 3.05) is 19.8 Å². The molecular weight excluding hydrogens is 164 g/mol. The van der Waals surface area contributed by atoms with E-state index >= 15 is 0 Å². The van der Waals surface area contributed by atoms with Crippen molar-refractivity contribution in [2.45, 2.75) is 33.6 Å². The predicted molar refractivity (Wildman–Crippen MR) is 53.5 cm³/mol. The molecule has 2 heteroatoms. The van der Waals surface area contributed by atoms with Crippen LogP contribution in [0.5, 0.6) is 0 Å². The van der Waals surface area contributed by atoms with E-state index in [0.717, 1.165) is 26.2 Å². The number of rotatable bonds is 3. The van der Waals surface area contributed by atoms with Gasteiger partial charge in [-0.15, -0.1) is 0 Å². The van der Waals surface area contributed by atoms with E-state index in [1.165, 1.54) is 12.0 Å². The summed E-state index contributed by atoms with van der Waals surface area (Å²) in [6.07, 6.45) is 4.21. The Bertz CT molecular complexity index is 175. The summed E-state index contributed by atoms with van der Waals surface area (Å²) in [6.45, 7) is 8.84. The van der Waals surface area contributed by atoms with E-state index in [-0.39, 0.29) is 5.41 Å². The Hall–Kier alpha value is -0.500. The molecule has 0 aromatic rings. The molecule has 1 fully saturated rings. The van der Waals surface area contributed by atoms with Crippen molar-refractivity contribution in [1.29, 1.82) is 0 Å². The molecule has 1 unspecified atom stereocenters. The molecule has 0 aromatic heterocycles. The molecule has 0 radical (unpaired) electrons. The van der Waals surface area contributed by atoms with Gasteiger partial charge in [0.25, 0.3) is 0 Å². The van der Waals surface area contributed by atoms with Crippen LogP contribution < -0.4 is 0 Å². The van der Waals surface area contributed by atoms with Gasteiger partial charge in [-0.25, -0.2) is 0 Å². The average Bonchev–Trinajstić information content (AvgIpc) is 2.04. The molecule has 0 N–H and O–H groups in total. The molecule has 1 saturated heterocycles. The number of ether oxygens (including phenoxy) is 2. The highest BCUT2D eigenvalue weighted by atomic mass is 16.5. The lowest BCUT2D eigenvalue weighted by atomic mass is 9.86. The average molecular weight is 184 g/mol. The molecule has 1 rings (SSSR count). The first kappa shape index (κ1) is 10.6. The van der Waals surface area contributed by atoms with Gasteiger partial charge in [0.1, 0.15) is 0 Å². The molecule has 0 spiro atoms. The van der Waals surface area contributed by atoms with Gasteiger partial charge >= 0.3 is 0 Å². The third-order valence-corrected chi connectivity index (χ3v) is 2.27. The van der Waals surface area contributed by atoms with Crippen LogP contribution in [0.15, 0.2) is 11.8 Å². The lowest BCUT2D eigenvalue weighted by Gasteiger charge is -2.32. The minimum atomic E-state index is 0.226. The van der Waals surface area contributed by atoms with Gasteiger partial charge < -0.3 is 9.47 Å². The minimum Gasteiger partial charge on any atom is -0.501 e. The summed E-state index contributed by atoms with van der Waals surface area (Å²) in [7, 11) is 0. The van der Waals surface area contributed by atoms with Crippen molar-refractivity contribution in [3.63, 3.8) is 0 Å². The number of allylic oxidation sites excluding steroid dienone is 1. The molecule has 76 valence electrons. The van der Waals surface area contributed by atoms with E-state index in [0.29, 0.717) is 0 Å². The van der Waals surface area contributed by atoms with Crippen LogP contribution in [-0.4, -0.2) is 19.8 Å². The summed E-state index contributed by atoms with van der Waals surface area (Å²) < 4.78 is 10.9. The van der Waals surface area contributed by atoms with E-state index in [9.17, 15) is 0 Å². The Kier molecular flexibility index (Phi) is 3.79. The quantitative estimate of drug-likeness (QED) is 0.628. The van der Waals surface area contributed by atoms with Crippen LogP contribution in [0.2, 0.25) is 0 Å². The summed E-state index contributed by atoms with van der Waals surface area (Å²) in [5.74, 6) is 0. The zero-order chi connectivity index (χ0) is 9.73. The highest BCUT2D eigenvalue weighted by Gasteiger charge is 2.27. The highest BCUT2D eigenvalue weighted by molar-refractivity contribution is 4.87. The smallest absolute Gasteiger partial charge is 0.0948 e. The van der Waals surface area contributed by atoms with Crippen LogP contribution in [0.1, 0.15) is 33.6 Å². The maximum Gasteiger partial charge on any atom is 0.0948 e. The second-order valence-corrected chi connectivity index (χ2v) is 4.47. The van der Waals surface area contributed by atoms with E-state index < -0.39 is 0 Å². The second-order valence-electron chi connectivity index (χ2n) is 4.47. The Labute approximate surface area is 80.9 Å². The van der Waals surface area contributed by atoms with Gasteiger partial charge in [-0.2, -0.15) is 0 Å². The van der Waals surface area contributed by atoms with Crippen LogP contribution in [-0.2, 0) is 9.47 Å². The first-order valence-corrected chi connectivity index (χ1v) is 4.95. The Morgan fingerprint density at radius 1 is 1.54 bits per heavy atom. The lowest BCUT2D eigenvalue weighted by molar-refractivity contribution is -0.0307. The molecular formula is C11H20O2. The largest absolute Gasteiger partial charge is 0.501 e. The van der Waals surface area contributed by atoms with Crippen LogP contribution >= 0.6 is 0 Å². The third kappa shape index (κ3) is 3.81. The van der Waals surface area contributed by atoms with Crippen molar-refractivity contribution in [2.24, 2.45) is 5.41 Å². The van der Waals surface area contributed by atoms with Gasteiger partial charge in [-0.05, 0) is 32.3 Å². The molecule has 0 aliphatic carbocycles. The van der Waals surface area contributed by atoms with Crippen LogP contribution in [0.25, 0.3) is 0 Å². The monoisotopic (exact) mass is 184 g/mol. The van der Waals surface area contributed by atoms with Crippen LogP contribution in [0, 0.1) is 5.41 Å². The van der Waals surface area contributed by atoms with Gasteiger partial charge in [0.2, 0.25) is 0 Å². The van der Waals surface area contributed by atoms with Gasteiger partial charge in [0, 0.05) is 12.0 Å². The number of hydrogen-bond acceptors (Lipinski definition) is 2. The van der Waals surface area contributed by atoms with Gasteiger partial charge in [0.15, 0.2) is 0 Å². The van der Waals surface area contributed by atoms with Crippen LogP contribution in [0.3, 0.4) is 0 Å². The van der Waals surface area contributed by atoms with Gasteiger partial charge in [-0.3, -0.25) is 0 Å². The molecule has 0 aromatic carbocycles. The Balaban J connectivity index is 2.29. The normalized spacial score (nSPS) is 28.2. The van der Waals surface area contributed by atoms with E-state index in [4.69, 9.17) is 9.47 Å². The molecule has 1 atom stereocenters. The zero-order valence-electron chi connectivity index (χ0n) is 8.93. The lowest BCUT2D eigenvalue weighted by Crippen LogP contribution is -2.32. The topological polar surface area (TPSA) is 18.5 Å². The molecule has 0 saturated carbocycles. The van der Waals surface area contributed by atoms with Gasteiger partial charge in [-0.1, -0.05) is 6.92 Å². The molecule has 1 aliphatic heterocycles.